The largest absolute Gasteiger partial charge is 0.493 e. The SMILES string of the molecule is CCNC(=O)[C@@H](C)N(Cc1ccccc1Cl)C(=O)CN(c1ccc(OC)c(OC)c1)S(C)(=O)=O. The summed E-state index contributed by atoms with van der Waals surface area (Å²) >= 11 is 6.28. The number of hydrogen-bond acceptors (Lipinski definition) is 6. The summed E-state index contributed by atoms with van der Waals surface area (Å²) in [6.45, 7) is 3.25. The Morgan fingerprint density at radius 3 is 2.29 bits per heavy atom. The fraction of sp³-hybridized carbons (Fsp3) is 0.391. The predicted octanol–water partition coefficient (Wildman–Crippen LogP) is 2.68. The molecule has 2 aromatic carbocycles. The lowest BCUT2D eigenvalue weighted by Crippen LogP contribution is -2.51. The number of nitrogens with one attached hydrogen (secondary N) is 1. The van der Waals surface area contributed by atoms with Gasteiger partial charge in [-0.1, -0.05) is 29.8 Å². The third-order valence-corrected chi connectivity index (χ3v) is 6.66. The molecule has 1 atom stereocenters. The quantitative estimate of drug-likeness (QED) is 0.497. The van der Waals surface area contributed by atoms with Crippen molar-refractivity contribution >= 4 is 39.1 Å². The summed E-state index contributed by atoms with van der Waals surface area (Å²) in [6, 6.07) is 10.6. The fourth-order valence-corrected chi connectivity index (χ4v) is 4.35. The Bertz CT molecular complexity index is 1130. The third kappa shape index (κ3) is 6.77. The molecule has 9 nitrogen and oxygen atoms in total. The van der Waals surface area contributed by atoms with Gasteiger partial charge in [0.2, 0.25) is 21.8 Å². The van der Waals surface area contributed by atoms with Crippen molar-refractivity contribution in [2.45, 2.75) is 26.4 Å². The predicted molar refractivity (Wildman–Crippen MR) is 132 cm³/mol. The molecule has 0 bridgehead atoms. The molecular weight excluding hydrogens is 482 g/mol. The van der Waals surface area contributed by atoms with Crippen LogP contribution in [-0.2, 0) is 26.2 Å². The number of benzene rings is 2. The second kappa shape index (κ2) is 11.9. The first kappa shape index (κ1) is 27.3. The number of amides is 2. The van der Waals surface area contributed by atoms with Crippen molar-refractivity contribution in [3.63, 3.8) is 0 Å². The van der Waals surface area contributed by atoms with E-state index in [1.54, 1.807) is 44.2 Å². The van der Waals surface area contributed by atoms with Crippen LogP contribution in [0.15, 0.2) is 42.5 Å². The molecule has 2 amide bonds. The number of sulfonamides is 1. The molecule has 0 heterocycles. The van der Waals surface area contributed by atoms with Gasteiger partial charge in [0.25, 0.3) is 0 Å². The summed E-state index contributed by atoms with van der Waals surface area (Å²) in [5.74, 6) is -0.209. The highest BCUT2D eigenvalue weighted by molar-refractivity contribution is 7.92. The van der Waals surface area contributed by atoms with Crippen molar-refractivity contribution in [2.75, 3.05) is 37.9 Å². The number of methoxy groups -OCH3 is 2. The molecule has 0 radical (unpaired) electrons. The van der Waals surface area contributed by atoms with Crippen molar-refractivity contribution in [2.24, 2.45) is 0 Å². The lowest BCUT2D eigenvalue weighted by molar-refractivity contribution is -0.139. The minimum atomic E-state index is -3.87. The molecule has 0 spiro atoms. The highest BCUT2D eigenvalue weighted by atomic mass is 35.5. The third-order valence-electron chi connectivity index (χ3n) is 5.15. The van der Waals surface area contributed by atoms with Gasteiger partial charge < -0.3 is 19.7 Å². The number of carbonyl (C=O) groups excluding carboxylic acids is 2. The van der Waals surface area contributed by atoms with Crippen molar-refractivity contribution < 1.29 is 27.5 Å². The number of nitrogens with zero attached hydrogens (tertiary/aromatic N) is 2. The van der Waals surface area contributed by atoms with Crippen LogP contribution in [0.4, 0.5) is 5.69 Å². The topological polar surface area (TPSA) is 105 Å². The standard InChI is InChI=1S/C23H30ClN3O6S/c1-6-25-23(29)16(2)26(14-17-9-7-8-10-19(17)24)22(28)15-27(34(5,30)31)18-11-12-20(32-3)21(13-18)33-4/h7-13,16H,6,14-15H2,1-5H3,(H,25,29)/t16-/m1/s1. The van der Waals surface area contributed by atoms with Gasteiger partial charge in [-0.25, -0.2) is 8.42 Å². The van der Waals surface area contributed by atoms with Crippen LogP contribution in [0.25, 0.3) is 0 Å². The Kier molecular flexibility index (Phi) is 9.57. The molecule has 0 saturated carbocycles. The molecule has 0 aliphatic rings. The molecule has 0 saturated heterocycles. The first-order chi connectivity index (χ1) is 16.0. The van der Waals surface area contributed by atoms with E-state index in [9.17, 15) is 18.0 Å². The molecule has 0 unspecified atom stereocenters. The van der Waals surface area contributed by atoms with Gasteiger partial charge in [0.1, 0.15) is 12.6 Å². The van der Waals surface area contributed by atoms with E-state index < -0.39 is 28.5 Å². The van der Waals surface area contributed by atoms with E-state index in [0.29, 0.717) is 28.6 Å². The van der Waals surface area contributed by atoms with E-state index in [1.807, 2.05) is 0 Å². The van der Waals surface area contributed by atoms with E-state index >= 15 is 0 Å². The number of halogens is 1. The monoisotopic (exact) mass is 511 g/mol. The summed E-state index contributed by atoms with van der Waals surface area (Å²) in [5, 5.41) is 3.13. The Labute approximate surface area is 205 Å². The van der Waals surface area contributed by atoms with Crippen LogP contribution in [0.3, 0.4) is 0 Å². The Balaban J connectivity index is 2.45. The zero-order valence-corrected chi connectivity index (χ0v) is 21.4. The average molecular weight is 512 g/mol. The van der Waals surface area contributed by atoms with Crippen molar-refractivity contribution in [1.82, 2.24) is 10.2 Å². The zero-order valence-electron chi connectivity index (χ0n) is 19.9. The van der Waals surface area contributed by atoms with Crippen molar-refractivity contribution in [1.29, 1.82) is 0 Å². The molecule has 0 fully saturated rings. The molecule has 186 valence electrons. The van der Waals surface area contributed by atoms with Gasteiger partial charge >= 0.3 is 0 Å². The molecule has 0 aliphatic carbocycles. The summed E-state index contributed by atoms with van der Waals surface area (Å²) in [7, 11) is -0.975. The zero-order chi connectivity index (χ0) is 25.5. The highest BCUT2D eigenvalue weighted by Gasteiger charge is 2.30. The number of carbonyl (C=O) groups is 2. The number of ether oxygens (including phenoxy) is 2. The maximum Gasteiger partial charge on any atom is 0.244 e. The number of anilines is 1. The van der Waals surface area contributed by atoms with Gasteiger partial charge in [0, 0.05) is 24.2 Å². The Hall–Kier alpha value is -2.98. The van der Waals surface area contributed by atoms with Crippen molar-refractivity contribution in [3.05, 3.63) is 53.1 Å². The Morgan fingerprint density at radius 2 is 1.74 bits per heavy atom. The van der Waals surface area contributed by atoms with Crippen LogP contribution in [0.5, 0.6) is 11.5 Å². The molecule has 2 rings (SSSR count). The number of rotatable bonds is 11. The van der Waals surface area contributed by atoms with Gasteiger partial charge in [-0.05, 0) is 37.6 Å². The summed E-state index contributed by atoms with van der Waals surface area (Å²) in [6.07, 6.45) is 1.00. The summed E-state index contributed by atoms with van der Waals surface area (Å²) in [4.78, 5) is 27.3. The van der Waals surface area contributed by atoms with Crippen LogP contribution in [0.1, 0.15) is 19.4 Å². The maximum atomic E-state index is 13.5. The van der Waals surface area contributed by atoms with Crippen molar-refractivity contribution in [3.8, 4) is 11.5 Å². The van der Waals surface area contributed by atoms with Crippen LogP contribution in [0.2, 0.25) is 5.02 Å². The van der Waals surface area contributed by atoms with Gasteiger partial charge in [0.15, 0.2) is 11.5 Å². The normalized spacial score (nSPS) is 11.9. The van der Waals surface area contributed by atoms with Crippen LogP contribution >= 0.6 is 11.6 Å². The smallest absolute Gasteiger partial charge is 0.244 e. The maximum absolute atomic E-state index is 13.5. The van der Waals surface area contributed by atoms with E-state index in [-0.39, 0.29) is 18.1 Å². The molecule has 0 aromatic heterocycles. The Morgan fingerprint density at radius 1 is 1.09 bits per heavy atom. The van der Waals surface area contributed by atoms with Gasteiger partial charge in [-0.3, -0.25) is 13.9 Å². The van der Waals surface area contributed by atoms with E-state index in [4.69, 9.17) is 21.1 Å². The van der Waals surface area contributed by atoms with Crippen LogP contribution in [0, 0.1) is 0 Å². The summed E-state index contributed by atoms with van der Waals surface area (Å²) in [5.41, 5.74) is 0.850. The second-order valence-corrected chi connectivity index (χ2v) is 9.81. The van der Waals surface area contributed by atoms with E-state index in [2.05, 4.69) is 5.32 Å². The molecule has 11 heteroatoms. The summed E-state index contributed by atoms with van der Waals surface area (Å²) < 4.78 is 36.7. The van der Waals surface area contributed by atoms with E-state index in [1.165, 1.54) is 31.3 Å². The molecule has 1 N–H and O–H groups in total. The minimum Gasteiger partial charge on any atom is -0.493 e. The minimum absolute atomic E-state index is 0.0281. The van der Waals surface area contributed by atoms with Crippen LogP contribution in [-0.4, -0.2) is 64.7 Å². The fourth-order valence-electron chi connectivity index (χ4n) is 3.31. The van der Waals surface area contributed by atoms with Gasteiger partial charge in [0.05, 0.1) is 26.2 Å². The molecule has 0 aliphatic heterocycles. The molecular formula is C23H30ClN3O6S. The average Bonchev–Trinajstić information content (AvgIpc) is 2.80. The highest BCUT2D eigenvalue weighted by Crippen LogP contribution is 2.32. The lowest BCUT2D eigenvalue weighted by atomic mass is 10.1. The van der Waals surface area contributed by atoms with E-state index in [0.717, 1.165) is 10.6 Å². The first-order valence-electron chi connectivity index (χ1n) is 10.5. The molecule has 34 heavy (non-hydrogen) atoms. The lowest BCUT2D eigenvalue weighted by Gasteiger charge is -2.31. The first-order valence-corrected chi connectivity index (χ1v) is 12.8. The second-order valence-electron chi connectivity index (χ2n) is 7.49. The van der Waals surface area contributed by atoms with Gasteiger partial charge in [-0.15, -0.1) is 0 Å². The molecule has 2 aromatic rings. The van der Waals surface area contributed by atoms with Gasteiger partial charge in [-0.2, -0.15) is 0 Å². The van der Waals surface area contributed by atoms with Crippen LogP contribution < -0.4 is 19.1 Å². The number of likely N-dealkylation sites (N-methyl/N-ethyl adjacent to an activating group) is 1. The number of hydrogen-bond donors (Lipinski definition) is 1.